The first-order valence-electron chi connectivity index (χ1n) is 9.56. The number of aromatic nitrogens is 1. The zero-order valence-corrected chi connectivity index (χ0v) is 15.6. The van der Waals surface area contributed by atoms with Crippen LogP contribution in [0.4, 0.5) is 5.69 Å². The van der Waals surface area contributed by atoms with Gasteiger partial charge in [-0.05, 0) is 25.0 Å². The molecule has 1 aromatic carbocycles. The van der Waals surface area contributed by atoms with Gasteiger partial charge in [-0.3, -0.25) is 34.2 Å². The molecular formula is C20H16N4O6. The fraction of sp³-hybridized carbons (Fsp3) is 0.300. The van der Waals surface area contributed by atoms with Crippen LogP contribution in [-0.4, -0.2) is 45.6 Å². The van der Waals surface area contributed by atoms with E-state index in [4.69, 9.17) is 4.52 Å². The standard InChI is InChI=1S/C20H16N4O6/c25-15-8-13(17(26)22-15)24-19(28)10-5-2-6-11(16(10)20(24)29)21-18(27)14-7-12(23-30-14)9-3-1-4-9/h2,5-7,9,13H,1,3-4,8H2,(H,21,27)(H,22,25,26). The summed E-state index contributed by atoms with van der Waals surface area (Å²) in [6.45, 7) is 0. The molecule has 2 fully saturated rings. The molecule has 1 unspecified atom stereocenters. The van der Waals surface area contributed by atoms with Gasteiger partial charge in [0.25, 0.3) is 17.7 Å². The molecule has 152 valence electrons. The molecule has 5 rings (SSSR count). The summed E-state index contributed by atoms with van der Waals surface area (Å²) < 4.78 is 5.14. The fourth-order valence-electron chi connectivity index (χ4n) is 3.92. The van der Waals surface area contributed by atoms with Gasteiger partial charge >= 0.3 is 0 Å². The average molecular weight is 408 g/mol. The lowest BCUT2D eigenvalue weighted by Crippen LogP contribution is -2.44. The van der Waals surface area contributed by atoms with Gasteiger partial charge in [-0.1, -0.05) is 17.6 Å². The Hall–Kier alpha value is -3.82. The highest BCUT2D eigenvalue weighted by Crippen LogP contribution is 2.36. The summed E-state index contributed by atoms with van der Waals surface area (Å²) in [7, 11) is 0. The van der Waals surface area contributed by atoms with Gasteiger partial charge in [-0.25, -0.2) is 0 Å². The summed E-state index contributed by atoms with van der Waals surface area (Å²) in [6, 6.07) is 4.81. The molecular weight excluding hydrogens is 392 g/mol. The van der Waals surface area contributed by atoms with Crippen molar-refractivity contribution in [2.45, 2.75) is 37.6 Å². The molecule has 10 nitrogen and oxygen atoms in total. The summed E-state index contributed by atoms with van der Waals surface area (Å²) >= 11 is 0. The summed E-state index contributed by atoms with van der Waals surface area (Å²) in [5.74, 6) is -2.99. The maximum Gasteiger partial charge on any atom is 0.294 e. The molecule has 1 aromatic heterocycles. The minimum atomic E-state index is -1.20. The number of carbonyl (C=O) groups is 5. The highest BCUT2D eigenvalue weighted by atomic mass is 16.5. The number of carbonyl (C=O) groups excluding carboxylic acids is 5. The molecule has 1 saturated heterocycles. The van der Waals surface area contributed by atoms with Crippen LogP contribution in [0.15, 0.2) is 28.8 Å². The van der Waals surface area contributed by atoms with Gasteiger partial charge in [0.15, 0.2) is 0 Å². The molecule has 1 saturated carbocycles. The van der Waals surface area contributed by atoms with Crippen LogP contribution < -0.4 is 10.6 Å². The zero-order chi connectivity index (χ0) is 21.0. The van der Waals surface area contributed by atoms with E-state index in [0.717, 1.165) is 29.9 Å². The largest absolute Gasteiger partial charge is 0.351 e. The predicted molar refractivity (Wildman–Crippen MR) is 99.5 cm³/mol. The van der Waals surface area contributed by atoms with Crippen molar-refractivity contribution in [3.63, 3.8) is 0 Å². The first-order chi connectivity index (χ1) is 14.4. The topological polar surface area (TPSA) is 139 Å². The number of nitrogens with zero attached hydrogens (tertiary/aromatic N) is 2. The van der Waals surface area contributed by atoms with Crippen molar-refractivity contribution in [1.29, 1.82) is 0 Å². The van der Waals surface area contributed by atoms with Crippen molar-refractivity contribution in [1.82, 2.24) is 15.4 Å². The molecule has 3 aliphatic rings. The van der Waals surface area contributed by atoms with Crippen LogP contribution in [0.3, 0.4) is 0 Å². The fourth-order valence-corrected chi connectivity index (χ4v) is 3.92. The average Bonchev–Trinajstić information content (AvgIpc) is 3.32. The van der Waals surface area contributed by atoms with Crippen LogP contribution in [0.2, 0.25) is 0 Å². The first-order valence-corrected chi connectivity index (χ1v) is 9.56. The lowest BCUT2D eigenvalue weighted by Gasteiger charge is -2.22. The molecule has 1 atom stereocenters. The van der Waals surface area contributed by atoms with Crippen molar-refractivity contribution < 1.29 is 28.5 Å². The third-order valence-electron chi connectivity index (χ3n) is 5.73. The summed E-state index contributed by atoms with van der Waals surface area (Å²) in [6.07, 6.45) is 2.84. The van der Waals surface area contributed by atoms with E-state index < -0.39 is 35.6 Å². The third-order valence-corrected chi connectivity index (χ3v) is 5.73. The lowest BCUT2D eigenvalue weighted by molar-refractivity contribution is -0.125. The molecule has 0 radical (unpaired) electrons. The van der Waals surface area contributed by atoms with Gasteiger partial charge in [0.1, 0.15) is 6.04 Å². The number of rotatable bonds is 4. The number of fused-ring (bicyclic) bond motifs is 1. The Morgan fingerprint density at radius 2 is 1.97 bits per heavy atom. The molecule has 3 heterocycles. The van der Waals surface area contributed by atoms with Crippen LogP contribution >= 0.6 is 0 Å². The van der Waals surface area contributed by atoms with Crippen molar-refractivity contribution in [3.8, 4) is 0 Å². The van der Waals surface area contributed by atoms with Crippen LogP contribution in [0.25, 0.3) is 0 Å². The highest BCUT2D eigenvalue weighted by Gasteiger charge is 2.47. The molecule has 0 bridgehead atoms. The molecule has 30 heavy (non-hydrogen) atoms. The van der Waals surface area contributed by atoms with E-state index in [2.05, 4.69) is 15.8 Å². The number of hydrogen-bond acceptors (Lipinski definition) is 7. The lowest BCUT2D eigenvalue weighted by atomic mass is 9.83. The Bertz CT molecular complexity index is 1130. The minimum Gasteiger partial charge on any atom is -0.351 e. The maximum atomic E-state index is 13.0. The van der Waals surface area contributed by atoms with Crippen molar-refractivity contribution in [2.75, 3.05) is 5.32 Å². The normalized spacial score (nSPS) is 20.9. The SMILES string of the molecule is O=C1CC(N2C(=O)c3cccc(NC(=O)c4cc(C5CCC5)no4)c3C2=O)C(=O)N1. The molecule has 5 amide bonds. The number of benzene rings is 1. The van der Waals surface area contributed by atoms with Gasteiger partial charge in [-0.15, -0.1) is 0 Å². The number of anilines is 1. The maximum absolute atomic E-state index is 13.0. The molecule has 1 aliphatic carbocycles. The van der Waals surface area contributed by atoms with E-state index in [1.807, 2.05) is 0 Å². The smallest absolute Gasteiger partial charge is 0.294 e. The Balaban J connectivity index is 1.41. The van der Waals surface area contributed by atoms with E-state index in [0.29, 0.717) is 5.92 Å². The van der Waals surface area contributed by atoms with Crippen molar-refractivity contribution >= 4 is 35.2 Å². The Morgan fingerprint density at radius 1 is 1.17 bits per heavy atom. The second-order valence-electron chi connectivity index (χ2n) is 7.54. The highest BCUT2D eigenvalue weighted by molar-refractivity contribution is 6.27. The van der Waals surface area contributed by atoms with E-state index in [9.17, 15) is 24.0 Å². The van der Waals surface area contributed by atoms with Crippen molar-refractivity contribution in [2.24, 2.45) is 0 Å². The summed E-state index contributed by atoms with van der Waals surface area (Å²) in [5, 5.41) is 8.62. The van der Waals surface area contributed by atoms with Crippen LogP contribution in [-0.2, 0) is 9.59 Å². The van der Waals surface area contributed by atoms with Crippen LogP contribution in [0.1, 0.15) is 68.6 Å². The van der Waals surface area contributed by atoms with Crippen molar-refractivity contribution in [3.05, 3.63) is 46.8 Å². The number of hydrogen-bond donors (Lipinski definition) is 2. The number of amides is 5. The van der Waals surface area contributed by atoms with Gasteiger partial charge < -0.3 is 9.84 Å². The first kappa shape index (κ1) is 18.2. The quantitative estimate of drug-likeness (QED) is 0.725. The third kappa shape index (κ3) is 2.71. The second-order valence-corrected chi connectivity index (χ2v) is 7.54. The molecule has 2 N–H and O–H groups in total. The van der Waals surface area contributed by atoms with Gasteiger partial charge in [-0.2, -0.15) is 0 Å². The molecule has 2 aromatic rings. The Labute approximate surface area is 169 Å². The summed E-state index contributed by atoms with van der Waals surface area (Å²) in [5.41, 5.74) is 0.864. The van der Waals surface area contributed by atoms with Gasteiger partial charge in [0.2, 0.25) is 17.6 Å². The van der Waals surface area contributed by atoms with Crippen LogP contribution in [0, 0.1) is 0 Å². The van der Waals surface area contributed by atoms with E-state index in [-0.39, 0.29) is 29.0 Å². The van der Waals surface area contributed by atoms with E-state index in [1.54, 1.807) is 6.07 Å². The number of imide groups is 2. The summed E-state index contributed by atoms with van der Waals surface area (Å²) in [4.78, 5) is 62.6. The van der Waals surface area contributed by atoms with E-state index >= 15 is 0 Å². The minimum absolute atomic E-state index is 0.00361. The Kier molecular flexibility index (Phi) is 4.02. The molecule has 0 spiro atoms. The number of nitrogens with one attached hydrogen (secondary N) is 2. The predicted octanol–water partition coefficient (Wildman–Crippen LogP) is 1.21. The molecule has 2 aliphatic heterocycles. The van der Waals surface area contributed by atoms with Gasteiger partial charge in [0.05, 0.1) is 28.9 Å². The zero-order valence-electron chi connectivity index (χ0n) is 15.6. The molecule has 10 heteroatoms. The monoisotopic (exact) mass is 408 g/mol. The Morgan fingerprint density at radius 3 is 2.63 bits per heavy atom. The second kappa shape index (κ2) is 6.61. The van der Waals surface area contributed by atoms with Gasteiger partial charge in [0, 0.05) is 12.0 Å². The van der Waals surface area contributed by atoms with E-state index in [1.165, 1.54) is 18.2 Å². The van der Waals surface area contributed by atoms with Crippen LogP contribution in [0.5, 0.6) is 0 Å².